The lowest BCUT2D eigenvalue weighted by Crippen LogP contribution is -2.62. The summed E-state index contributed by atoms with van der Waals surface area (Å²) in [6, 6.07) is 0.887. The van der Waals surface area contributed by atoms with Gasteiger partial charge in [0.15, 0.2) is 0 Å². The molecule has 1 heterocycles. The predicted molar refractivity (Wildman–Crippen MR) is 47.5 cm³/mol. The normalized spacial score (nSPS) is 34.9. The van der Waals surface area contributed by atoms with Crippen molar-refractivity contribution in [1.82, 2.24) is 5.32 Å². The van der Waals surface area contributed by atoms with Crippen LogP contribution >= 0.6 is 0 Å². The molecule has 11 heavy (non-hydrogen) atoms. The van der Waals surface area contributed by atoms with Crippen LogP contribution in [0.25, 0.3) is 0 Å². The third-order valence-corrected chi connectivity index (χ3v) is 3.84. The smallest absolute Gasteiger partial charge is 0.0164 e. The largest absolute Gasteiger partial charge is 0.312 e. The van der Waals surface area contributed by atoms with E-state index in [2.05, 4.69) is 19.2 Å². The van der Waals surface area contributed by atoms with Crippen molar-refractivity contribution in [3.63, 3.8) is 0 Å². The lowest BCUT2D eigenvalue weighted by Gasteiger charge is -2.50. The van der Waals surface area contributed by atoms with Crippen LogP contribution in [-0.4, -0.2) is 12.6 Å². The molecule has 64 valence electrons. The van der Waals surface area contributed by atoms with Gasteiger partial charge in [-0.15, -0.1) is 0 Å². The van der Waals surface area contributed by atoms with Crippen molar-refractivity contribution in [2.24, 2.45) is 11.3 Å². The summed E-state index contributed by atoms with van der Waals surface area (Å²) in [6.07, 6.45) is 5.72. The van der Waals surface area contributed by atoms with Gasteiger partial charge in [-0.05, 0) is 37.0 Å². The molecule has 1 saturated carbocycles. The van der Waals surface area contributed by atoms with Crippen molar-refractivity contribution in [3.8, 4) is 0 Å². The molecule has 0 aromatic rings. The summed E-state index contributed by atoms with van der Waals surface area (Å²) in [5.74, 6) is 1.05. The lowest BCUT2D eigenvalue weighted by molar-refractivity contribution is 0.0560. The summed E-state index contributed by atoms with van der Waals surface area (Å²) in [4.78, 5) is 0. The minimum absolute atomic E-state index is 0.696. The summed E-state index contributed by atoms with van der Waals surface area (Å²) in [7, 11) is 0. The van der Waals surface area contributed by atoms with E-state index < -0.39 is 0 Å². The van der Waals surface area contributed by atoms with E-state index in [0.29, 0.717) is 5.41 Å². The first-order valence-corrected chi connectivity index (χ1v) is 5.06. The number of rotatable bonds is 3. The molecular weight excluding hydrogens is 134 g/mol. The molecule has 0 aromatic heterocycles. The maximum Gasteiger partial charge on any atom is 0.0164 e. The van der Waals surface area contributed by atoms with Crippen LogP contribution in [0, 0.1) is 11.3 Å². The fourth-order valence-electron chi connectivity index (χ4n) is 2.54. The van der Waals surface area contributed by atoms with Crippen LogP contribution in [0.3, 0.4) is 0 Å². The van der Waals surface area contributed by atoms with Gasteiger partial charge in [-0.3, -0.25) is 0 Å². The Bertz CT molecular complexity index is 139. The van der Waals surface area contributed by atoms with Crippen LogP contribution in [0.2, 0.25) is 0 Å². The highest BCUT2D eigenvalue weighted by Crippen LogP contribution is 2.48. The Kier molecular flexibility index (Phi) is 1.71. The molecule has 1 N–H and O–H groups in total. The quantitative estimate of drug-likeness (QED) is 0.655. The molecule has 1 saturated heterocycles. The summed E-state index contributed by atoms with van der Waals surface area (Å²) >= 11 is 0. The van der Waals surface area contributed by atoms with Crippen LogP contribution in [0.4, 0.5) is 0 Å². The summed E-state index contributed by atoms with van der Waals surface area (Å²) in [5.41, 5.74) is 0.696. The topological polar surface area (TPSA) is 12.0 Å². The van der Waals surface area contributed by atoms with Gasteiger partial charge in [0.05, 0.1) is 0 Å². The highest BCUT2D eigenvalue weighted by Gasteiger charge is 2.50. The average Bonchev–Trinajstić information content (AvgIpc) is 2.73. The van der Waals surface area contributed by atoms with E-state index in [1.165, 1.54) is 32.2 Å². The van der Waals surface area contributed by atoms with Crippen LogP contribution < -0.4 is 5.32 Å². The minimum Gasteiger partial charge on any atom is -0.312 e. The summed E-state index contributed by atoms with van der Waals surface area (Å²) in [5, 5.41) is 3.60. The molecule has 0 radical (unpaired) electrons. The summed E-state index contributed by atoms with van der Waals surface area (Å²) in [6.45, 7) is 5.97. The molecule has 2 aliphatic rings. The maximum absolute atomic E-state index is 3.60. The van der Waals surface area contributed by atoms with Gasteiger partial charge >= 0.3 is 0 Å². The van der Waals surface area contributed by atoms with Crippen molar-refractivity contribution in [2.75, 3.05) is 6.54 Å². The molecule has 1 aliphatic heterocycles. The van der Waals surface area contributed by atoms with Crippen molar-refractivity contribution < 1.29 is 0 Å². The first-order valence-electron chi connectivity index (χ1n) is 5.06. The molecule has 0 amide bonds. The van der Waals surface area contributed by atoms with Crippen LogP contribution in [0.5, 0.6) is 0 Å². The Morgan fingerprint density at radius 2 is 1.91 bits per heavy atom. The molecule has 2 fully saturated rings. The van der Waals surface area contributed by atoms with Gasteiger partial charge in [0, 0.05) is 12.6 Å². The number of nitrogens with one attached hydrogen (secondary N) is 1. The second kappa shape index (κ2) is 2.48. The van der Waals surface area contributed by atoms with Crippen molar-refractivity contribution >= 4 is 0 Å². The first kappa shape index (κ1) is 7.60. The zero-order valence-electron chi connectivity index (χ0n) is 7.69. The third-order valence-electron chi connectivity index (χ3n) is 3.84. The average molecular weight is 153 g/mol. The second-order valence-electron chi connectivity index (χ2n) is 4.27. The van der Waals surface area contributed by atoms with Gasteiger partial charge in [-0.1, -0.05) is 13.8 Å². The van der Waals surface area contributed by atoms with E-state index in [4.69, 9.17) is 0 Å². The van der Waals surface area contributed by atoms with Gasteiger partial charge < -0.3 is 5.32 Å². The zero-order valence-corrected chi connectivity index (χ0v) is 7.69. The maximum atomic E-state index is 3.60. The molecule has 0 bridgehead atoms. The Labute approximate surface area is 69.6 Å². The molecule has 1 nitrogen and oxygen atoms in total. The zero-order chi connectivity index (χ0) is 7.90. The van der Waals surface area contributed by atoms with Crippen molar-refractivity contribution in [1.29, 1.82) is 0 Å². The molecule has 2 rings (SSSR count). The Hall–Kier alpha value is -0.0400. The highest BCUT2D eigenvalue weighted by molar-refractivity contribution is 5.06. The van der Waals surface area contributed by atoms with Gasteiger partial charge in [-0.25, -0.2) is 0 Å². The van der Waals surface area contributed by atoms with Crippen molar-refractivity contribution in [3.05, 3.63) is 0 Å². The van der Waals surface area contributed by atoms with Crippen molar-refractivity contribution in [2.45, 2.75) is 45.6 Å². The van der Waals surface area contributed by atoms with Crippen LogP contribution in [0.1, 0.15) is 39.5 Å². The SMILES string of the molecule is CCC1(CC)CNC1C1CC1. The number of hydrogen-bond donors (Lipinski definition) is 1. The Morgan fingerprint density at radius 3 is 2.18 bits per heavy atom. The molecule has 1 aliphatic carbocycles. The molecule has 0 aromatic carbocycles. The summed E-state index contributed by atoms with van der Waals surface area (Å²) < 4.78 is 0. The van der Waals surface area contributed by atoms with E-state index in [0.717, 1.165) is 12.0 Å². The predicted octanol–water partition coefficient (Wildman–Crippen LogP) is 2.17. The molecule has 1 unspecified atom stereocenters. The van der Waals surface area contributed by atoms with Gasteiger partial charge in [0.25, 0.3) is 0 Å². The highest BCUT2D eigenvalue weighted by atomic mass is 15.1. The van der Waals surface area contributed by atoms with Gasteiger partial charge in [-0.2, -0.15) is 0 Å². The van der Waals surface area contributed by atoms with Crippen LogP contribution in [0.15, 0.2) is 0 Å². The molecule has 1 heteroatoms. The second-order valence-corrected chi connectivity index (χ2v) is 4.27. The van der Waals surface area contributed by atoms with E-state index in [-0.39, 0.29) is 0 Å². The van der Waals surface area contributed by atoms with E-state index in [1.54, 1.807) is 0 Å². The Balaban J connectivity index is 1.99. The Morgan fingerprint density at radius 1 is 1.27 bits per heavy atom. The van der Waals surface area contributed by atoms with Crippen LogP contribution in [-0.2, 0) is 0 Å². The minimum atomic E-state index is 0.696. The third kappa shape index (κ3) is 1.01. The van der Waals surface area contributed by atoms with E-state index >= 15 is 0 Å². The number of hydrogen-bond acceptors (Lipinski definition) is 1. The monoisotopic (exact) mass is 153 g/mol. The standard InChI is InChI=1S/C10H19N/c1-3-10(4-2)7-11-9(10)8-5-6-8/h8-9,11H,3-7H2,1-2H3. The van der Waals surface area contributed by atoms with E-state index in [9.17, 15) is 0 Å². The fourth-order valence-corrected chi connectivity index (χ4v) is 2.54. The van der Waals surface area contributed by atoms with Gasteiger partial charge in [0.2, 0.25) is 0 Å². The molecular formula is C10H19N. The van der Waals surface area contributed by atoms with E-state index in [1.807, 2.05) is 0 Å². The molecule has 0 spiro atoms. The molecule has 1 atom stereocenters. The fraction of sp³-hybridized carbons (Fsp3) is 1.00. The lowest BCUT2D eigenvalue weighted by atomic mass is 9.67. The first-order chi connectivity index (χ1) is 5.32. The van der Waals surface area contributed by atoms with Gasteiger partial charge in [0.1, 0.15) is 0 Å².